The molecule has 0 N–H and O–H groups in total. The molecule has 0 radical (unpaired) electrons. The Balaban J connectivity index is 1.51. The zero-order valence-electron chi connectivity index (χ0n) is 24.4. The normalized spacial score (nSPS) is 21.7. The number of ketones is 1. The fraction of sp³-hybridized carbons (Fsp3) is 0.344. The van der Waals surface area contributed by atoms with E-state index in [4.69, 9.17) is 13.1 Å². The summed E-state index contributed by atoms with van der Waals surface area (Å²) < 4.78 is 49.4. The molecule has 0 aliphatic heterocycles. The predicted molar refractivity (Wildman–Crippen MR) is 175 cm³/mol. The van der Waals surface area contributed by atoms with E-state index in [1.54, 1.807) is 37.3 Å². The second-order valence-electron chi connectivity index (χ2n) is 11.5. The number of benzene rings is 2. The van der Waals surface area contributed by atoms with Gasteiger partial charge in [0.15, 0.2) is 0 Å². The number of hydrogen-bond acceptors (Lipinski definition) is 9. The van der Waals surface area contributed by atoms with Gasteiger partial charge in [0.05, 0.1) is 38.0 Å². The standard InChI is InChI=1S/C32H34O6S5/c1-31(2)22-17-18-32(31,27(33)20-22)21-42(34,35)38-43(25-11-7-23(36-3)8-12-25,26-13-9-24(37-4)10-14-26)30-16-15-29(41-30)40-28-6-5-19-39-28/h5-16,19,22H,17-18,20-21H2,1-4H3. The number of carbonyl (C=O) groups excluding carboxylic acids is 1. The molecule has 0 saturated heterocycles. The lowest BCUT2D eigenvalue weighted by Gasteiger charge is -2.41. The fourth-order valence-corrected chi connectivity index (χ4v) is 16.8. The van der Waals surface area contributed by atoms with Crippen LogP contribution in [0, 0.1) is 16.7 Å². The zero-order chi connectivity index (χ0) is 30.5. The van der Waals surface area contributed by atoms with E-state index in [2.05, 4.69) is 6.07 Å². The fourth-order valence-electron chi connectivity index (χ4n) is 6.54. The quantitative estimate of drug-likeness (QED) is 0.157. The van der Waals surface area contributed by atoms with Crippen molar-refractivity contribution in [2.45, 2.75) is 55.5 Å². The summed E-state index contributed by atoms with van der Waals surface area (Å²) in [4.78, 5) is 14.8. The van der Waals surface area contributed by atoms with Gasteiger partial charge in [-0.05, 0) is 107 Å². The summed E-state index contributed by atoms with van der Waals surface area (Å²) in [5.74, 6) is 1.23. The van der Waals surface area contributed by atoms with Crippen LogP contribution in [0.5, 0.6) is 11.5 Å². The highest BCUT2D eigenvalue weighted by Crippen LogP contribution is 2.73. The smallest absolute Gasteiger partial charge is 0.278 e. The Bertz CT molecular complexity index is 1660. The third-order valence-corrected chi connectivity index (χ3v) is 18.2. The molecule has 0 spiro atoms. The molecule has 2 fully saturated rings. The highest BCUT2D eigenvalue weighted by molar-refractivity contribution is 8.34. The van der Waals surface area contributed by atoms with Gasteiger partial charge in [0, 0.05) is 16.2 Å². The third-order valence-electron chi connectivity index (χ3n) is 9.09. The molecule has 6 rings (SSSR count). The Morgan fingerprint density at radius 2 is 1.51 bits per heavy atom. The van der Waals surface area contributed by atoms with Crippen molar-refractivity contribution in [3.05, 3.63) is 78.2 Å². The first-order chi connectivity index (χ1) is 20.5. The number of ether oxygens (including phenoxy) is 2. The van der Waals surface area contributed by atoms with E-state index in [0.717, 1.165) is 28.8 Å². The van der Waals surface area contributed by atoms with E-state index < -0.39 is 31.3 Å². The molecular formula is C32H34O6S5. The Labute approximate surface area is 267 Å². The monoisotopic (exact) mass is 674 g/mol. The Hall–Kier alpha value is -2.28. The molecule has 2 aliphatic carbocycles. The van der Waals surface area contributed by atoms with Crippen molar-refractivity contribution in [3.8, 4) is 11.5 Å². The van der Waals surface area contributed by atoms with Crippen LogP contribution in [-0.4, -0.2) is 34.2 Å². The number of carbonyl (C=O) groups is 1. The van der Waals surface area contributed by atoms with Crippen LogP contribution in [-0.2, 0) is 18.5 Å². The zero-order valence-corrected chi connectivity index (χ0v) is 28.5. The Morgan fingerprint density at radius 1 is 0.884 bits per heavy atom. The molecule has 2 aliphatic rings. The van der Waals surface area contributed by atoms with Gasteiger partial charge >= 0.3 is 0 Å². The number of methoxy groups -OCH3 is 2. The van der Waals surface area contributed by atoms with Crippen LogP contribution in [0.25, 0.3) is 0 Å². The van der Waals surface area contributed by atoms with Gasteiger partial charge in [-0.15, -0.1) is 22.7 Å². The van der Waals surface area contributed by atoms with Crippen molar-refractivity contribution in [3.63, 3.8) is 0 Å². The van der Waals surface area contributed by atoms with Gasteiger partial charge in [-0.25, -0.2) is 3.63 Å². The molecule has 2 heterocycles. The van der Waals surface area contributed by atoms with Crippen molar-refractivity contribution >= 4 is 60.6 Å². The molecule has 0 amide bonds. The summed E-state index contributed by atoms with van der Waals surface area (Å²) in [7, 11) is -3.85. The van der Waals surface area contributed by atoms with Gasteiger partial charge in [-0.2, -0.15) is 8.42 Å². The molecule has 2 aromatic carbocycles. The minimum Gasteiger partial charge on any atom is -0.497 e. The molecule has 2 unspecified atom stereocenters. The van der Waals surface area contributed by atoms with Crippen molar-refractivity contribution in [2.75, 3.05) is 20.0 Å². The van der Waals surface area contributed by atoms with E-state index in [1.165, 1.54) is 11.3 Å². The lowest BCUT2D eigenvalue weighted by Crippen LogP contribution is -2.42. The van der Waals surface area contributed by atoms with Gasteiger partial charge in [0.1, 0.15) is 17.3 Å². The van der Waals surface area contributed by atoms with E-state index in [0.29, 0.717) is 24.3 Å². The largest absolute Gasteiger partial charge is 0.497 e. The van der Waals surface area contributed by atoms with E-state index in [1.807, 2.05) is 86.0 Å². The lowest BCUT2D eigenvalue weighted by atomic mass is 9.70. The maximum Gasteiger partial charge on any atom is 0.278 e. The molecule has 2 bridgehead atoms. The van der Waals surface area contributed by atoms with Crippen LogP contribution in [0.3, 0.4) is 0 Å². The van der Waals surface area contributed by atoms with Gasteiger partial charge in [-0.1, -0.05) is 31.7 Å². The first-order valence-corrected chi connectivity index (χ1v) is 19.6. The number of hydrogen-bond donors (Lipinski definition) is 0. The molecule has 43 heavy (non-hydrogen) atoms. The molecule has 6 nitrogen and oxygen atoms in total. The average molecular weight is 675 g/mol. The van der Waals surface area contributed by atoms with Crippen molar-refractivity contribution in [2.24, 2.45) is 16.7 Å². The maximum absolute atomic E-state index is 14.4. The van der Waals surface area contributed by atoms with E-state index >= 15 is 0 Å². The summed E-state index contributed by atoms with van der Waals surface area (Å²) in [5.41, 5.74) is -1.36. The van der Waals surface area contributed by atoms with Crippen molar-refractivity contribution in [1.29, 1.82) is 0 Å². The minimum atomic E-state index is -4.23. The van der Waals surface area contributed by atoms with Crippen LogP contribution in [0.1, 0.15) is 33.1 Å². The highest BCUT2D eigenvalue weighted by Gasteiger charge is 2.65. The Kier molecular flexibility index (Phi) is 8.27. The van der Waals surface area contributed by atoms with Gasteiger partial charge in [-0.3, -0.25) is 4.79 Å². The summed E-state index contributed by atoms with van der Waals surface area (Å²) in [6, 6.07) is 22.9. The Morgan fingerprint density at radius 3 is 2.00 bits per heavy atom. The second kappa shape index (κ2) is 11.6. The highest BCUT2D eigenvalue weighted by atomic mass is 32.3. The number of thiophene rings is 2. The average Bonchev–Trinajstić information content (AvgIpc) is 3.77. The number of Topliss-reactive ketones (excluding diaryl/α,β-unsaturated/α-hetero) is 1. The third kappa shape index (κ3) is 5.36. The van der Waals surface area contributed by atoms with Gasteiger partial charge in [0.25, 0.3) is 10.1 Å². The molecule has 228 valence electrons. The first kappa shape index (κ1) is 30.7. The molecule has 2 aromatic heterocycles. The minimum absolute atomic E-state index is 0.0428. The van der Waals surface area contributed by atoms with Gasteiger partial charge < -0.3 is 9.47 Å². The maximum atomic E-state index is 14.4. The second-order valence-corrected chi connectivity index (χ2v) is 19.8. The summed E-state index contributed by atoms with van der Waals surface area (Å²) >= 11 is 4.84. The number of fused-ring (bicyclic) bond motifs is 2. The number of rotatable bonds is 11. The molecule has 2 saturated carbocycles. The van der Waals surface area contributed by atoms with Gasteiger partial charge in [0.2, 0.25) is 0 Å². The van der Waals surface area contributed by atoms with Crippen molar-refractivity contribution < 1.29 is 26.3 Å². The van der Waals surface area contributed by atoms with Crippen LogP contribution in [0.4, 0.5) is 0 Å². The predicted octanol–water partition coefficient (Wildman–Crippen LogP) is 8.92. The summed E-state index contributed by atoms with van der Waals surface area (Å²) in [6.45, 7) is 4.09. The molecule has 11 heteroatoms. The van der Waals surface area contributed by atoms with E-state index in [-0.39, 0.29) is 17.5 Å². The van der Waals surface area contributed by atoms with Crippen molar-refractivity contribution in [1.82, 2.24) is 0 Å². The summed E-state index contributed by atoms with van der Waals surface area (Å²) in [6.07, 6.45) is 1.86. The molecular weight excluding hydrogens is 641 g/mol. The molecule has 2 atom stereocenters. The first-order valence-electron chi connectivity index (χ1n) is 13.9. The topological polar surface area (TPSA) is 78.9 Å². The van der Waals surface area contributed by atoms with Crippen LogP contribution in [0.15, 0.2) is 101 Å². The van der Waals surface area contributed by atoms with Crippen LogP contribution >= 0.6 is 44.7 Å². The van der Waals surface area contributed by atoms with Crippen LogP contribution < -0.4 is 9.47 Å². The molecule has 4 aromatic rings. The van der Waals surface area contributed by atoms with Crippen LogP contribution in [0.2, 0.25) is 0 Å². The lowest BCUT2D eigenvalue weighted by molar-refractivity contribution is -0.128. The SMILES string of the molecule is COc1ccc(S(OS(=O)(=O)CC23CCC(CC2=O)C3(C)C)(c2ccc(OC)cc2)c2ccc(Sc3cccs3)s2)cc1. The van der Waals surface area contributed by atoms with E-state index in [9.17, 15) is 13.2 Å². The summed E-state index contributed by atoms with van der Waals surface area (Å²) in [5, 5.41) is 2.04.